The fourth-order valence-corrected chi connectivity index (χ4v) is 5.75. The number of benzene rings is 2. The van der Waals surface area contributed by atoms with Gasteiger partial charge in [0.2, 0.25) is 11.8 Å². The first-order valence-corrected chi connectivity index (χ1v) is 12.8. The molecule has 1 saturated heterocycles. The van der Waals surface area contributed by atoms with E-state index in [0.29, 0.717) is 0 Å². The Morgan fingerprint density at radius 3 is 2.50 bits per heavy atom. The highest BCUT2D eigenvalue weighted by molar-refractivity contribution is 6.02. The molecule has 0 spiro atoms. The summed E-state index contributed by atoms with van der Waals surface area (Å²) < 4.78 is 0. The maximum absolute atomic E-state index is 13.6. The van der Waals surface area contributed by atoms with Crippen molar-refractivity contribution in [3.05, 3.63) is 59.7 Å². The maximum Gasteiger partial charge on any atom is 0.230 e. The van der Waals surface area contributed by atoms with Crippen LogP contribution < -0.4 is 10.2 Å². The molecule has 2 aromatic rings. The van der Waals surface area contributed by atoms with Gasteiger partial charge in [0.15, 0.2) is 0 Å². The number of likely N-dealkylation sites (N-methyl/N-ethyl adjacent to an activating group) is 1. The van der Waals surface area contributed by atoms with Crippen LogP contribution >= 0.6 is 0 Å². The van der Waals surface area contributed by atoms with Crippen molar-refractivity contribution in [3.63, 3.8) is 0 Å². The van der Waals surface area contributed by atoms with E-state index in [2.05, 4.69) is 40.4 Å². The van der Waals surface area contributed by atoms with E-state index in [9.17, 15) is 9.59 Å². The minimum Gasteiger partial charge on any atom is -0.326 e. The third-order valence-electron chi connectivity index (χ3n) is 7.77. The van der Waals surface area contributed by atoms with Crippen molar-refractivity contribution in [2.45, 2.75) is 38.6 Å². The first kappa shape index (κ1) is 23.1. The van der Waals surface area contributed by atoms with Gasteiger partial charge in [-0.1, -0.05) is 43.2 Å². The Bertz CT molecular complexity index is 1030. The van der Waals surface area contributed by atoms with Crippen LogP contribution in [0.1, 0.15) is 36.8 Å². The minimum atomic E-state index is -0.268. The van der Waals surface area contributed by atoms with Gasteiger partial charge in [-0.05, 0) is 55.6 Å². The van der Waals surface area contributed by atoms with Crippen LogP contribution in [0, 0.1) is 11.8 Å². The van der Waals surface area contributed by atoms with Gasteiger partial charge in [0.05, 0.1) is 5.92 Å². The zero-order valence-electron chi connectivity index (χ0n) is 20.2. The Morgan fingerprint density at radius 2 is 1.68 bits per heavy atom. The van der Waals surface area contributed by atoms with Crippen molar-refractivity contribution in [1.29, 1.82) is 0 Å². The van der Waals surface area contributed by atoms with Crippen molar-refractivity contribution in [2.75, 3.05) is 50.0 Å². The number of carbonyl (C=O) groups excluding carboxylic acids is 2. The predicted octanol–water partition coefficient (Wildman–Crippen LogP) is 3.77. The van der Waals surface area contributed by atoms with Crippen LogP contribution in [0.15, 0.2) is 48.5 Å². The Hall–Kier alpha value is -2.70. The second kappa shape index (κ2) is 10.3. The normalized spacial score (nSPS) is 23.5. The molecule has 3 aliphatic rings. The lowest BCUT2D eigenvalue weighted by molar-refractivity contribution is -0.132. The molecule has 1 saturated carbocycles. The van der Waals surface area contributed by atoms with Crippen LogP contribution in [-0.2, 0) is 22.6 Å². The molecule has 6 heteroatoms. The van der Waals surface area contributed by atoms with Gasteiger partial charge in [-0.2, -0.15) is 0 Å². The molecular weight excluding hydrogens is 424 g/mol. The molecule has 0 radical (unpaired) electrons. The van der Waals surface area contributed by atoms with E-state index in [4.69, 9.17) is 0 Å². The van der Waals surface area contributed by atoms with Crippen LogP contribution in [0.25, 0.3) is 0 Å². The summed E-state index contributed by atoms with van der Waals surface area (Å²) in [4.78, 5) is 33.7. The zero-order chi connectivity index (χ0) is 23.5. The molecule has 6 nitrogen and oxygen atoms in total. The summed E-state index contributed by atoms with van der Waals surface area (Å²) in [5.41, 5.74) is 4.30. The van der Waals surface area contributed by atoms with Crippen molar-refractivity contribution < 1.29 is 9.59 Å². The fraction of sp³-hybridized carbons (Fsp3) is 0.500. The number of piperazine rings is 1. The number of hydrogen-bond donors (Lipinski definition) is 1. The van der Waals surface area contributed by atoms with Gasteiger partial charge in [-0.25, -0.2) is 0 Å². The number of nitrogens with one attached hydrogen (secondary N) is 1. The Morgan fingerprint density at radius 1 is 0.912 bits per heavy atom. The quantitative estimate of drug-likeness (QED) is 0.738. The monoisotopic (exact) mass is 460 g/mol. The van der Waals surface area contributed by atoms with Crippen LogP contribution in [0.2, 0.25) is 0 Å². The van der Waals surface area contributed by atoms with Crippen LogP contribution in [0.5, 0.6) is 0 Å². The molecule has 180 valence electrons. The number of carbonyl (C=O) groups is 2. The van der Waals surface area contributed by atoms with E-state index in [-0.39, 0.29) is 23.7 Å². The number of anilines is 2. The standard InChI is InChI=1S/C28H36N4O2/c1-30-15-17-31(18-16-30)20-21-7-6-9-23(19-21)29-27(33)24-10-3-4-11-25(24)28(34)32-14-13-22-8-2-5-12-26(22)32/h2,5-9,12,19,24-25H,3-4,10-11,13-18,20H2,1H3,(H,29,33). The fourth-order valence-electron chi connectivity index (χ4n) is 5.75. The van der Waals surface area contributed by atoms with Gasteiger partial charge in [0, 0.05) is 56.6 Å². The highest BCUT2D eigenvalue weighted by atomic mass is 16.2. The van der Waals surface area contributed by atoms with E-state index < -0.39 is 0 Å². The van der Waals surface area contributed by atoms with Gasteiger partial charge in [0.25, 0.3) is 0 Å². The topological polar surface area (TPSA) is 55.9 Å². The highest BCUT2D eigenvalue weighted by Gasteiger charge is 2.39. The molecule has 5 rings (SSSR count). The average molecular weight is 461 g/mol. The predicted molar refractivity (Wildman–Crippen MR) is 136 cm³/mol. The summed E-state index contributed by atoms with van der Waals surface area (Å²) in [5.74, 6) is -0.403. The molecule has 1 aliphatic carbocycles. The summed E-state index contributed by atoms with van der Waals surface area (Å²) in [6.07, 6.45) is 4.47. The summed E-state index contributed by atoms with van der Waals surface area (Å²) >= 11 is 0. The molecule has 0 bridgehead atoms. The van der Waals surface area contributed by atoms with Crippen LogP contribution in [0.4, 0.5) is 11.4 Å². The van der Waals surface area contributed by atoms with E-state index in [1.165, 1.54) is 11.1 Å². The molecule has 2 aliphatic heterocycles. The molecule has 2 amide bonds. The Labute approximate surface area is 202 Å². The molecule has 0 aromatic heterocycles. The molecule has 2 unspecified atom stereocenters. The first-order valence-electron chi connectivity index (χ1n) is 12.8. The first-order chi connectivity index (χ1) is 16.6. The molecule has 34 heavy (non-hydrogen) atoms. The summed E-state index contributed by atoms with van der Waals surface area (Å²) in [5, 5.41) is 3.15. The summed E-state index contributed by atoms with van der Waals surface area (Å²) in [7, 11) is 2.17. The number of hydrogen-bond acceptors (Lipinski definition) is 4. The van der Waals surface area contributed by atoms with Gasteiger partial charge in [0.1, 0.15) is 0 Å². The highest BCUT2D eigenvalue weighted by Crippen LogP contribution is 2.36. The van der Waals surface area contributed by atoms with Gasteiger partial charge in [-0.15, -0.1) is 0 Å². The maximum atomic E-state index is 13.6. The number of amides is 2. The van der Waals surface area contributed by atoms with Gasteiger partial charge >= 0.3 is 0 Å². The summed E-state index contributed by atoms with van der Waals surface area (Å²) in [6.45, 7) is 5.94. The van der Waals surface area contributed by atoms with Crippen molar-refractivity contribution in [3.8, 4) is 0 Å². The third kappa shape index (κ3) is 5.03. The largest absolute Gasteiger partial charge is 0.326 e. The van der Waals surface area contributed by atoms with Gasteiger partial charge < -0.3 is 15.1 Å². The molecule has 2 aromatic carbocycles. The molecule has 2 heterocycles. The summed E-state index contributed by atoms with van der Waals surface area (Å²) in [6, 6.07) is 16.4. The minimum absolute atomic E-state index is 0.0118. The van der Waals surface area contributed by atoms with E-state index in [1.54, 1.807) is 0 Å². The smallest absolute Gasteiger partial charge is 0.230 e. The number of fused-ring (bicyclic) bond motifs is 1. The van der Waals surface area contributed by atoms with Crippen molar-refractivity contribution in [2.24, 2.45) is 11.8 Å². The number of rotatable bonds is 5. The van der Waals surface area contributed by atoms with Gasteiger partial charge in [-0.3, -0.25) is 14.5 Å². The number of nitrogens with zero attached hydrogens (tertiary/aromatic N) is 3. The van der Waals surface area contributed by atoms with Crippen molar-refractivity contribution in [1.82, 2.24) is 9.80 Å². The average Bonchev–Trinajstić information content (AvgIpc) is 3.29. The van der Waals surface area contributed by atoms with Crippen LogP contribution in [-0.4, -0.2) is 61.4 Å². The Kier molecular flexibility index (Phi) is 6.97. The molecule has 1 N–H and O–H groups in total. The number of para-hydroxylation sites is 1. The van der Waals surface area contributed by atoms with E-state index in [0.717, 1.165) is 82.7 Å². The van der Waals surface area contributed by atoms with Crippen LogP contribution in [0.3, 0.4) is 0 Å². The molecule has 2 atom stereocenters. The molecule has 2 fully saturated rings. The second-order valence-corrected chi connectivity index (χ2v) is 10.1. The lowest BCUT2D eigenvalue weighted by Gasteiger charge is -2.33. The van der Waals surface area contributed by atoms with E-state index in [1.807, 2.05) is 35.2 Å². The SMILES string of the molecule is CN1CCN(Cc2cccc(NC(=O)C3CCCCC3C(=O)N3CCc4ccccc43)c2)CC1. The molecular formula is C28H36N4O2. The second-order valence-electron chi connectivity index (χ2n) is 10.1. The van der Waals surface area contributed by atoms with E-state index >= 15 is 0 Å². The third-order valence-corrected chi connectivity index (χ3v) is 7.77. The zero-order valence-corrected chi connectivity index (χ0v) is 20.2. The lowest BCUT2D eigenvalue weighted by Crippen LogP contribution is -2.44. The lowest BCUT2D eigenvalue weighted by atomic mass is 9.77. The Balaban J connectivity index is 1.25. The van der Waals surface area contributed by atoms with Crippen molar-refractivity contribution >= 4 is 23.2 Å².